The highest BCUT2D eigenvalue weighted by Crippen LogP contribution is 2.31. The fraction of sp³-hybridized carbons (Fsp3) is 0.304. The van der Waals surface area contributed by atoms with Gasteiger partial charge in [0.1, 0.15) is 11.9 Å². The Hall–Kier alpha value is -3.32. The van der Waals surface area contributed by atoms with Crippen LogP contribution in [0.15, 0.2) is 55.2 Å². The monoisotopic (exact) mass is 403 g/mol. The summed E-state index contributed by atoms with van der Waals surface area (Å²) in [6.45, 7) is 2.78. The van der Waals surface area contributed by atoms with Crippen LogP contribution in [0.1, 0.15) is 36.8 Å². The lowest BCUT2D eigenvalue weighted by Gasteiger charge is -2.20. The molecule has 0 amide bonds. The van der Waals surface area contributed by atoms with Crippen LogP contribution in [0.4, 0.5) is 11.4 Å². The molecule has 4 aromatic rings. The third-order valence-corrected chi connectivity index (χ3v) is 5.46. The number of ether oxygens (including phenoxy) is 2. The van der Waals surface area contributed by atoms with Crippen LogP contribution in [0, 0.1) is 6.92 Å². The largest absolute Gasteiger partial charge is 0.494 e. The Bertz CT molecular complexity index is 1170. The number of nitrogens with zero attached hydrogens (tertiary/aromatic N) is 4. The van der Waals surface area contributed by atoms with Gasteiger partial charge in [-0.15, -0.1) is 0 Å². The third kappa shape index (κ3) is 3.52. The van der Waals surface area contributed by atoms with Crippen LogP contribution < -0.4 is 10.1 Å². The molecule has 0 spiro atoms. The Balaban J connectivity index is 1.45. The van der Waals surface area contributed by atoms with Gasteiger partial charge >= 0.3 is 0 Å². The van der Waals surface area contributed by atoms with E-state index in [-0.39, 0.29) is 6.10 Å². The number of anilines is 2. The van der Waals surface area contributed by atoms with E-state index in [0.29, 0.717) is 0 Å². The van der Waals surface area contributed by atoms with Crippen molar-refractivity contribution >= 4 is 17.0 Å². The predicted molar refractivity (Wildman–Crippen MR) is 116 cm³/mol. The Labute approximate surface area is 175 Å². The minimum absolute atomic E-state index is 0.0875. The minimum Gasteiger partial charge on any atom is -0.494 e. The minimum atomic E-state index is 0.0875. The highest BCUT2D eigenvalue weighted by atomic mass is 16.5. The highest BCUT2D eigenvalue weighted by Gasteiger charge is 2.20. The molecule has 0 saturated carbocycles. The van der Waals surface area contributed by atoms with Gasteiger partial charge in [0.05, 0.1) is 36.2 Å². The first kappa shape index (κ1) is 18.7. The van der Waals surface area contributed by atoms with E-state index in [4.69, 9.17) is 14.5 Å². The number of hydrogen-bond acceptors (Lipinski definition) is 5. The molecule has 3 aromatic heterocycles. The van der Waals surface area contributed by atoms with Crippen LogP contribution in [-0.4, -0.2) is 32.7 Å². The van der Waals surface area contributed by atoms with E-state index in [2.05, 4.69) is 20.9 Å². The molecular formula is C23H25N5O2. The summed E-state index contributed by atoms with van der Waals surface area (Å²) >= 11 is 0. The molecule has 1 aromatic carbocycles. The summed E-state index contributed by atoms with van der Waals surface area (Å²) in [4.78, 5) is 9.18. The zero-order valence-electron chi connectivity index (χ0n) is 17.2. The van der Waals surface area contributed by atoms with E-state index >= 15 is 0 Å². The number of hydrogen-bond donors (Lipinski definition) is 1. The molecule has 0 bridgehead atoms. The summed E-state index contributed by atoms with van der Waals surface area (Å²) in [5, 5.41) is 3.49. The summed E-state index contributed by atoms with van der Waals surface area (Å²) in [5.74, 6) is 0.768. The Morgan fingerprint density at radius 1 is 1.20 bits per heavy atom. The highest BCUT2D eigenvalue weighted by molar-refractivity contribution is 5.75. The standard InChI is InChI=1S/C23H25N5O2/c1-16-13-28(15-24-16)20-9-8-17(12-22(20)29-2)25-18-6-5-10-27-14-19(26-23(18)27)21-7-3-4-11-30-21/h5-6,8-10,12-15,21,25H,3-4,7,11H2,1-2H3. The summed E-state index contributed by atoms with van der Waals surface area (Å²) in [5.41, 5.74) is 5.65. The van der Waals surface area contributed by atoms with Gasteiger partial charge in [-0.25, -0.2) is 9.97 Å². The zero-order chi connectivity index (χ0) is 20.5. The number of methoxy groups -OCH3 is 1. The van der Waals surface area contributed by atoms with Gasteiger partial charge in [0.2, 0.25) is 0 Å². The summed E-state index contributed by atoms with van der Waals surface area (Å²) < 4.78 is 15.6. The molecule has 0 aliphatic carbocycles. The van der Waals surface area contributed by atoms with Gasteiger partial charge in [-0.1, -0.05) is 0 Å². The number of imidazole rings is 2. The lowest BCUT2D eigenvalue weighted by molar-refractivity contribution is 0.0126. The van der Waals surface area contributed by atoms with E-state index in [9.17, 15) is 0 Å². The van der Waals surface area contributed by atoms with E-state index in [1.54, 1.807) is 13.4 Å². The smallest absolute Gasteiger partial charge is 0.160 e. The third-order valence-electron chi connectivity index (χ3n) is 5.46. The molecule has 7 nitrogen and oxygen atoms in total. The SMILES string of the molecule is COc1cc(Nc2cccn3cc(C4CCCCO4)nc23)ccc1-n1cnc(C)c1. The normalized spacial score (nSPS) is 16.7. The van der Waals surface area contributed by atoms with E-state index in [1.165, 1.54) is 6.42 Å². The molecule has 1 aliphatic heterocycles. The number of pyridine rings is 1. The van der Waals surface area contributed by atoms with Crippen molar-refractivity contribution in [3.05, 3.63) is 66.6 Å². The molecule has 1 aliphatic rings. The number of aromatic nitrogens is 4. The lowest BCUT2D eigenvalue weighted by atomic mass is 10.1. The number of fused-ring (bicyclic) bond motifs is 1. The number of rotatable bonds is 5. The fourth-order valence-corrected chi connectivity index (χ4v) is 3.94. The molecule has 30 heavy (non-hydrogen) atoms. The van der Waals surface area contributed by atoms with Crippen molar-refractivity contribution in [2.24, 2.45) is 0 Å². The summed E-state index contributed by atoms with van der Waals surface area (Å²) in [7, 11) is 1.68. The van der Waals surface area contributed by atoms with Crippen molar-refractivity contribution < 1.29 is 9.47 Å². The zero-order valence-corrected chi connectivity index (χ0v) is 17.2. The lowest BCUT2D eigenvalue weighted by Crippen LogP contribution is -2.11. The maximum atomic E-state index is 5.92. The van der Waals surface area contributed by atoms with Crippen molar-refractivity contribution in [3.63, 3.8) is 0 Å². The van der Waals surface area contributed by atoms with Gasteiger partial charge in [0.25, 0.3) is 0 Å². The first-order chi connectivity index (χ1) is 14.7. The predicted octanol–water partition coefficient (Wildman–Crippen LogP) is 4.82. The molecule has 1 N–H and O–H groups in total. The summed E-state index contributed by atoms with van der Waals surface area (Å²) in [6.07, 6.45) is 11.3. The summed E-state index contributed by atoms with van der Waals surface area (Å²) in [6, 6.07) is 10.1. The van der Waals surface area contributed by atoms with Crippen LogP contribution >= 0.6 is 0 Å². The quantitative estimate of drug-likeness (QED) is 0.517. The van der Waals surface area contributed by atoms with Crippen LogP contribution in [0.2, 0.25) is 0 Å². The van der Waals surface area contributed by atoms with Gasteiger partial charge in [0.15, 0.2) is 5.65 Å². The fourth-order valence-electron chi connectivity index (χ4n) is 3.94. The van der Waals surface area contributed by atoms with Crippen LogP contribution in [0.3, 0.4) is 0 Å². The average Bonchev–Trinajstić information content (AvgIpc) is 3.41. The second-order valence-corrected chi connectivity index (χ2v) is 7.61. The molecule has 1 atom stereocenters. The molecule has 5 rings (SSSR count). The number of aryl methyl sites for hydroxylation is 1. The van der Waals surface area contributed by atoms with Crippen LogP contribution in [0.5, 0.6) is 5.75 Å². The topological polar surface area (TPSA) is 65.6 Å². The van der Waals surface area contributed by atoms with Gasteiger partial charge in [-0.2, -0.15) is 0 Å². The Morgan fingerprint density at radius 2 is 2.13 bits per heavy atom. The molecule has 1 unspecified atom stereocenters. The van der Waals surface area contributed by atoms with Crippen LogP contribution in [0.25, 0.3) is 11.3 Å². The molecule has 0 radical (unpaired) electrons. The number of nitrogens with one attached hydrogen (secondary N) is 1. The van der Waals surface area contributed by atoms with Crippen molar-refractivity contribution in [2.75, 3.05) is 19.0 Å². The van der Waals surface area contributed by atoms with Gasteiger partial charge in [-0.3, -0.25) is 0 Å². The average molecular weight is 403 g/mol. The molecule has 7 heteroatoms. The number of benzene rings is 1. The maximum Gasteiger partial charge on any atom is 0.160 e. The van der Waals surface area contributed by atoms with Crippen molar-refractivity contribution in [2.45, 2.75) is 32.3 Å². The maximum absolute atomic E-state index is 5.92. The molecule has 1 saturated heterocycles. The van der Waals surface area contributed by atoms with Crippen molar-refractivity contribution in [1.82, 2.24) is 18.9 Å². The Morgan fingerprint density at radius 3 is 2.90 bits per heavy atom. The molecule has 4 heterocycles. The van der Waals surface area contributed by atoms with Gasteiger partial charge in [0, 0.05) is 37.0 Å². The van der Waals surface area contributed by atoms with E-state index in [0.717, 1.165) is 59.3 Å². The first-order valence-corrected chi connectivity index (χ1v) is 10.3. The van der Waals surface area contributed by atoms with Crippen molar-refractivity contribution in [3.8, 4) is 11.4 Å². The first-order valence-electron chi connectivity index (χ1n) is 10.3. The van der Waals surface area contributed by atoms with Gasteiger partial charge in [-0.05, 0) is 50.5 Å². The molecular weight excluding hydrogens is 378 g/mol. The molecule has 154 valence electrons. The van der Waals surface area contributed by atoms with Crippen LogP contribution in [-0.2, 0) is 4.74 Å². The van der Waals surface area contributed by atoms with Crippen molar-refractivity contribution in [1.29, 1.82) is 0 Å². The molecule has 1 fully saturated rings. The van der Waals surface area contributed by atoms with E-state index < -0.39 is 0 Å². The Kier molecular flexibility index (Phi) is 4.88. The van der Waals surface area contributed by atoms with E-state index in [1.807, 2.05) is 54.2 Å². The second-order valence-electron chi connectivity index (χ2n) is 7.61. The van der Waals surface area contributed by atoms with Gasteiger partial charge < -0.3 is 23.8 Å². The second kappa shape index (κ2) is 7.84.